The fraction of sp³-hybridized carbons (Fsp3) is 0.182. The van der Waals surface area contributed by atoms with Crippen LogP contribution >= 0.6 is 15.9 Å². The summed E-state index contributed by atoms with van der Waals surface area (Å²) in [6.07, 6.45) is 3.10. The number of halogens is 1. The number of rotatable bonds is 7. The molecule has 2 aromatic rings. The Balaban J connectivity index is 1.83. The van der Waals surface area contributed by atoms with Gasteiger partial charge in [-0.05, 0) is 36.3 Å². The van der Waals surface area contributed by atoms with Gasteiger partial charge in [0.05, 0.1) is 7.11 Å². The minimum atomic E-state index is -0.470. The van der Waals surface area contributed by atoms with Crippen molar-refractivity contribution in [1.82, 2.24) is 10.2 Å². The van der Waals surface area contributed by atoms with Crippen molar-refractivity contribution >= 4 is 33.9 Å². The van der Waals surface area contributed by atoms with Crippen molar-refractivity contribution in [2.75, 3.05) is 13.7 Å². The molecule has 150 valence electrons. The molecule has 1 heterocycles. The first-order valence-electron chi connectivity index (χ1n) is 8.94. The molecular weight excluding hydrogens is 436 g/mol. The molecule has 0 aliphatic carbocycles. The van der Waals surface area contributed by atoms with Crippen LogP contribution in [0.25, 0.3) is 6.08 Å². The highest BCUT2D eigenvalue weighted by atomic mass is 79.9. The molecule has 3 amide bonds. The molecule has 0 radical (unpaired) electrons. The van der Waals surface area contributed by atoms with Crippen LogP contribution in [0.1, 0.15) is 16.7 Å². The highest BCUT2D eigenvalue weighted by molar-refractivity contribution is 9.10. The van der Waals surface area contributed by atoms with Gasteiger partial charge in [-0.25, -0.2) is 4.79 Å². The van der Waals surface area contributed by atoms with Gasteiger partial charge in [0.1, 0.15) is 12.3 Å². The summed E-state index contributed by atoms with van der Waals surface area (Å²) in [7, 11) is 1.55. The van der Waals surface area contributed by atoms with Crippen molar-refractivity contribution in [2.24, 2.45) is 0 Å². The number of imide groups is 1. The van der Waals surface area contributed by atoms with Gasteiger partial charge in [0.2, 0.25) is 0 Å². The topological polar surface area (TPSA) is 67.9 Å². The normalized spacial score (nSPS) is 14.9. The summed E-state index contributed by atoms with van der Waals surface area (Å²) >= 11 is 3.50. The Bertz CT molecular complexity index is 983. The van der Waals surface area contributed by atoms with Gasteiger partial charge in [-0.1, -0.05) is 51.8 Å². The molecular formula is C22H21BrN2O4. The summed E-state index contributed by atoms with van der Waals surface area (Å²) in [6.45, 7) is 6.14. The number of carbonyl (C=O) groups is 2. The molecule has 0 aromatic heterocycles. The molecule has 0 atom stereocenters. The first-order valence-corrected chi connectivity index (χ1v) is 9.73. The lowest BCUT2D eigenvalue weighted by atomic mass is 10.1. The number of hydrogen-bond acceptors (Lipinski definition) is 4. The smallest absolute Gasteiger partial charge is 0.329 e. The van der Waals surface area contributed by atoms with Crippen molar-refractivity contribution in [3.05, 3.63) is 75.9 Å². The van der Waals surface area contributed by atoms with Crippen LogP contribution in [0.15, 0.2) is 59.2 Å². The summed E-state index contributed by atoms with van der Waals surface area (Å²) in [6, 6.07) is 11.1. The number of carbonyl (C=O) groups excluding carboxylic acids is 2. The summed E-state index contributed by atoms with van der Waals surface area (Å²) in [5.74, 6) is 0.685. The third kappa shape index (κ3) is 4.68. The molecule has 1 saturated heterocycles. The Hall–Kier alpha value is -3.06. The number of amides is 3. The van der Waals surface area contributed by atoms with E-state index in [1.807, 2.05) is 31.2 Å². The predicted octanol–water partition coefficient (Wildman–Crippen LogP) is 4.42. The molecule has 0 saturated carbocycles. The summed E-state index contributed by atoms with van der Waals surface area (Å²) < 4.78 is 12.1. The molecule has 1 aliphatic heterocycles. The number of ether oxygens (including phenoxy) is 2. The van der Waals surface area contributed by atoms with Crippen LogP contribution in [0, 0.1) is 6.92 Å². The molecule has 2 aromatic carbocycles. The van der Waals surface area contributed by atoms with E-state index in [4.69, 9.17) is 9.47 Å². The molecule has 1 fully saturated rings. The van der Waals surface area contributed by atoms with Gasteiger partial charge in [-0.3, -0.25) is 9.69 Å². The Morgan fingerprint density at radius 1 is 1.17 bits per heavy atom. The molecule has 0 unspecified atom stereocenters. The Kier molecular flexibility index (Phi) is 6.39. The van der Waals surface area contributed by atoms with Crippen LogP contribution in [0.5, 0.6) is 11.5 Å². The fourth-order valence-electron chi connectivity index (χ4n) is 2.80. The van der Waals surface area contributed by atoms with Crippen molar-refractivity contribution in [3.8, 4) is 11.5 Å². The van der Waals surface area contributed by atoms with Crippen molar-refractivity contribution in [1.29, 1.82) is 0 Å². The maximum Gasteiger partial charge on any atom is 0.329 e. The van der Waals surface area contributed by atoms with E-state index in [1.54, 1.807) is 25.3 Å². The highest BCUT2D eigenvalue weighted by Gasteiger charge is 2.32. The van der Waals surface area contributed by atoms with Gasteiger partial charge in [-0.2, -0.15) is 0 Å². The second-order valence-corrected chi connectivity index (χ2v) is 7.35. The summed E-state index contributed by atoms with van der Waals surface area (Å²) in [5.41, 5.74) is 3.09. The monoisotopic (exact) mass is 456 g/mol. The zero-order valence-electron chi connectivity index (χ0n) is 16.2. The Morgan fingerprint density at radius 2 is 1.90 bits per heavy atom. The van der Waals surface area contributed by atoms with Crippen LogP contribution < -0.4 is 14.8 Å². The lowest BCUT2D eigenvalue weighted by Crippen LogP contribution is -2.30. The number of methoxy groups -OCH3 is 1. The van der Waals surface area contributed by atoms with E-state index in [2.05, 4.69) is 27.8 Å². The third-order valence-corrected chi connectivity index (χ3v) is 5.06. The SMILES string of the molecule is C=CCN1C(=O)N/C(=C/c2cc(OC)c(OCc3ccc(C)cc3)cc2Br)C1=O. The minimum Gasteiger partial charge on any atom is -0.493 e. The molecule has 29 heavy (non-hydrogen) atoms. The van der Waals surface area contributed by atoms with E-state index in [-0.39, 0.29) is 12.2 Å². The number of hydrogen-bond donors (Lipinski definition) is 1. The number of aryl methyl sites for hydroxylation is 1. The zero-order chi connectivity index (χ0) is 21.0. The van der Waals surface area contributed by atoms with E-state index in [0.29, 0.717) is 28.1 Å². The molecule has 1 N–H and O–H groups in total. The Labute approximate surface area is 177 Å². The largest absolute Gasteiger partial charge is 0.493 e. The van der Waals surface area contributed by atoms with Crippen LogP contribution in [0.3, 0.4) is 0 Å². The van der Waals surface area contributed by atoms with E-state index in [0.717, 1.165) is 10.5 Å². The maximum absolute atomic E-state index is 12.4. The predicted molar refractivity (Wildman–Crippen MR) is 115 cm³/mol. The first kappa shape index (κ1) is 20.7. The summed E-state index contributed by atoms with van der Waals surface area (Å²) in [5, 5.41) is 2.58. The van der Waals surface area contributed by atoms with Crippen LogP contribution in [-0.4, -0.2) is 30.5 Å². The van der Waals surface area contributed by atoms with Crippen LogP contribution in [0.2, 0.25) is 0 Å². The number of nitrogens with zero attached hydrogens (tertiary/aromatic N) is 1. The highest BCUT2D eigenvalue weighted by Crippen LogP contribution is 2.35. The minimum absolute atomic E-state index is 0.151. The van der Waals surface area contributed by atoms with Crippen molar-refractivity contribution < 1.29 is 19.1 Å². The van der Waals surface area contributed by atoms with Gasteiger partial charge < -0.3 is 14.8 Å². The maximum atomic E-state index is 12.4. The van der Waals surface area contributed by atoms with E-state index in [9.17, 15) is 9.59 Å². The van der Waals surface area contributed by atoms with Crippen molar-refractivity contribution in [2.45, 2.75) is 13.5 Å². The quantitative estimate of drug-likeness (QED) is 0.380. The standard InChI is InChI=1S/C22H21BrN2O4/c1-4-9-25-21(26)18(24-22(25)27)10-16-11-19(28-3)20(12-17(16)23)29-13-15-7-5-14(2)6-8-15/h4-8,10-12H,1,9,13H2,2-3H3,(H,24,27)/b18-10+. The van der Waals surface area contributed by atoms with Gasteiger partial charge in [0, 0.05) is 11.0 Å². The molecule has 1 aliphatic rings. The van der Waals surface area contributed by atoms with E-state index < -0.39 is 11.9 Å². The van der Waals surface area contributed by atoms with Gasteiger partial charge in [0.25, 0.3) is 5.91 Å². The van der Waals surface area contributed by atoms with Gasteiger partial charge in [-0.15, -0.1) is 6.58 Å². The van der Waals surface area contributed by atoms with Crippen LogP contribution in [0.4, 0.5) is 4.79 Å². The fourth-order valence-corrected chi connectivity index (χ4v) is 3.24. The lowest BCUT2D eigenvalue weighted by molar-refractivity contribution is -0.122. The number of nitrogens with one attached hydrogen (secondary N) is 1. The first-order chi connectivity index (χ1) is 13.9. The number of urea groups is 1. The molecule has 6 nitrogen and oxygen atoms in total. The molecule has 3 rings (SSSR count). The average Bonchev–Trinajstić information content (AvgIpc) is 2.97. The third-order valence-electron chi connectivity index (χ3n) is 4.37. The zero-order valence-corrected chi connectivity index (χ0v) is 17.8. The second kappa shape index (κ2) is 8.96. The van der Waals surface area contributed by atoms with E-state index >= 15 is 0 Å². The molecule has 0 bridgehead atoms. The molecule has 7 heteroatoms. The van der Waals surface area contributed by atoms with Crippen molar-refractivity contribution in [3.63, 3.8) is 0 Å². The Morgan fingerprint density at radius 3 is 2.55 bits per heavy atom. The average molecular weight is 457 g/mol. The van der Waals surface area contributed by atoms with Gasteiger partial charge >= 0.3 is 6.03 Å². The lowest BCUT2D eigenvalue weighted by Gasteiger charge is -2.13. The van der Waals surface area contributed by atoms with Gasteiger partial charge in [0.15, 0.2) is 11.5 Å². The molecule has 0 spiro atoms. The van der Waals surface area contributed by atoms with E-state index in [1.165, 1.54) is 11.6 Å². The second-order valence-electron chi connectivity index (χ2n) is 6.49. The van der Waals surface area contributed by atoms with Crippen LogP contribution in [-0.2, 0) is 11.4 Å². The summed E-state index contributed by atoms with van der Waals surface area (Å²) in [4.78, 5) is 25.4. The number of benzene rings is 2.